The van der Waals surface area contributed by atoms with E-state index in [1.165, 1.54) is 0 Å². The van der Waals surface area contributed by atoms with E-state index in [4.69, 9.17) is 44.5 Å². The number of nitrogens with one attached hydrogen (secondary N) is 1. The molecule has 0 unspecified atom stereocenters. The number of hydrogen-bond acceptors (Lipinski definition) is 6. The summed E-state index contributed by atoms with van der Waals surface area (Å²) in [7, 11) is 0. The molecule has 0 spiro atoms. The Morgan fingerprint density at radius 2 is 1.81 bits per heavy atom. The van der Waals surface area contributed by atoms with Crippen molar-refractivity contribution in [3.63, 3.8) is 0 Å². The Kier molecular flexibility index (Phi) is 7.40. The van der Waals surface area contributed by atoms with Crippen LogP contribution in [-0.4, -0.2) is 61.7 Å². The normalized spacial score (nSPS) is 14.7. The SMILES string of the molecule is O=C(COc1ccc(Cl)cc1Cl)NCCN1CCN(c2nc3ccc(Cl)cc3s2)CC1. The predicted octanol–water partition coefficient (Wildman–Crippen LogP) is 4.57. The summed E-state index contributed by atoms with van der Waals surface area (Å²) < 4.78 is 6.56. The number of amides is 1. The van der Waals surface area contributed by atoms with Gasteiger partial charge < -0.3 is 15.0 Å². The van der Waals surface area contributed by atoms with Crippen LogP contribution in [0.1, 0.15) is 0 Å². The van der Waals surface area contributed by atoms with Gasteiger partial charge in [-0.05, 0) is 36.4 Å². The number of thiazole rings is 1. The summed E-state index contributed by atoms with van der Waals surface area (Å²) in [4.78, 5) is 21.4. The maximum atomic E-state index is 12.0. The standard InChI is InChI=1S/C21H21Cl3N4O2S/c22-14-2-4-18(16(24)11-14)30-13-20(29)25-5-6-27-7-9-28(10-8-27)21-26-17-3-1-15(23)12-19(17)31-21/h1-4,11-12H,5-10,13H2,(H,25,29). The van der Waals surface area contributed by atoms with Gasteiger partial charge in [-0.25, -0.2) is 4.98 Å². The Morgan fingerprint density at radius 1 is 1.06 bits per heavy atom. The Balaban J connectivity index is 1.17. The van der Waals surface area contributed by atoms with E-state index in [0.29, 0.717) is 22.3 Å². The molecule has 1 saturated heterocycles. The third kappa shape index (κ3) is 5.93. The number of rotatable bonds is 7. The van der Waals surface area contributed by atoms with Crippen molar-refractivity contribution in [3.8, 4) is 5.75 Å². The van der Waals surface area contributed by atoms with Crippen LogP contribution in [0.15, 0.2) is 36.4 Å². The van der Waals surface area contributed by atoms with Crippen LogP contribution in [-0.2, 0) is 4.79 Å². The van der Waals surface area contributed by atoms with Crippen molar-refractivity contribution in [2.75, 3.05) is 50.8 Å². The van der Waals surface area contributed by atoms with Crippen molar-refractivity contribution < 1.29 is 9.53 Å². The second-order valence-corrected chi connectivity index (χ2v) is 9.44. The molecule has 1 N–H and O–H groups in total. The zero-order valence-electron chi connectivity index (χ0n) is 16.6. The van der Waals surface area contributed by atoms with Gasteiger partial charge in [0.1, 0.15) is 5.75 Å². The monoisotopic (exact) mass is 498 g/mol. The number of piperazine rings is 1. The number of nitrogens with zero attached hydrogens (tertiary/aromatic N) is 3. The van der Waals surface area contributed by atoms with Gasteiger partial charge in [-0.15, -0.1) is 0 Å². The van der Waals surface area contributed by atoms with Crippen molar-refractivity contribution in [1.29, 1.82) is 0 Å². The lowest BCUT2D eigenvalue weighted by Crippen LogP contribution is -2.48. The fourth-order valence-electron chi connectivity index (χ4n) is 3.32. The van der Waals surface area contributed by atoms with E-state index in [-0.39, 0.29) is 12.5 Å². The number of carbonyl (C=O) groups is 1. The predicted molar refractivity (Wildman–Crippen MR) is 128 cm³/mol. The highest BCUT2D eigenvalue weighted by Gasteiger charge is 2.20. The molecule has 1 aromatic heterocycles. The molecule has 3 aromatic rings. The number of hydrogen-bond donors (Lipinski definition) is 1. The number of fused-ring (bicyclic) bond motifs is 1. The summed E-state index contributed by atoms with van der Waals surface area (Å²) in [5, 5.41) is 5.56. The highest BCUT2D eigenvalue weighted by molar-refractivity contribution is 7.22. The van der Waals surface area contributed by atoms with Crippen LogP contribution in [0.5, 0.6) is 5.75 Å². The first-order valence-corrected chi connectivity index (χ1v) is 11.8. The van der Waals surface area contributed by atoms with Crippen LogP contribution in [0.4, 0.5) is 5.13 Å². The zero-order valence-corrected chi connectivity index (χ0v) is 19.7. The Hall–Kier alpha value is -1.77. The smallest absolute Gasteiger partial charge is 0.257 e. The Bertz CT molecular complexity index is 1070. The van der Waals surface area contributed by atoms with Gasteiger partial charge in [0.15, 0.2) is 11.7 Å². The molecule has 0 aliphatic carbocycles. The number of benzene rings is 2. The van der Waals surface area contributed by atoms with Gasteiger partial charge in [-0.2, -0.15) is 0 Å². The molecule has 0 saturated carbocycles. The number of aromatic nitrogens is 1. The molecule has 1 fully saturated rings. The first-order chi connectivity index (χ1) is 15.0. The second kappa shape index (κ2) is 10.2. The molecule has 1 aliphatic rings. The number of ether oxygens (including phenoxy) is 1. The van der Waals surface area contributed by atoms with Crippen LogP contribution < -0.4 is 15.0 Å². The lowest BCUT2D eigenvalue weighted by atomic mass is 10.3. The highest BCUT2D eigenvalue weighted by atomic mass is 35.5. The van der Waals surface area contributed by atoms with E-state index < -0.39 is 0 Å². The third-order valence-corrected chi connectivity index (χ3v) is 6.83. The largest absolute Gasteiger partial charge is 0.482 e. The Labute approximate surface area is 199 Å². The molecule has 6 nitrogen and oxygen atoms in total. The highest BCUT2D eigenvalue weighted by Crippen LogP contribution is 2.31. The fourth-order valence-corrected chi connectivity index (χ4v) is 5.08. The average molecular weight is 500 g/mol. The lowest BCUT2D eigenvalue weighted by molar-refractivity contribution is -0.123. The van der Waals surface area contributed by atoms with E-state index in [9.17, 15) is 4.79 Å². The van der Waals surface area contributed by atoms with Crippen LogP contribution in [0.3, 0.4) is 0 Å². The van der Waals surface area contributed by atoms with Crippen LogP contribution in [0, 0.1) is 0 Å². The third-order valence-electron chi connectivity index (χ3n) is 4.98. The van der Waals surface area contributed by atoms with Crippen molar-refractivity contribution in [3.05, 3.63) is 51.5 Å². The molecule has 4 rings (SSSR count). The second-order valence-electron chi connectivity index (χ2n) is 7.15. The van der Waals surface area contributed by atoms with Gasteiger partial charge in [0.25, 0.3) is 5.91 Å². The van der Waals surface area contributed by atoms with E-state index in [1.807, 2.05) is 18.2 Å². The molecule has 1 aliphatic heterocycles. The first kappa shape index (κ1) is 22.4. The van der Waals surface area contributed by atoms with Crippen molar-refractivity contribution in [1.82, 2.24) is 15.2 Å². The van der Waals surface area contributed by atoms with Gasteiger partial charge in [-0.1, -0.05) is 46.1 Å². The molecule has 2 heterocycles. The minimum Gasteiger partial charge on any atom is -0.482 e. The molecular formula is C21H21Cl3N4O2S. The van der Waals surface area contributed by atoms with Crippen LogP contribution in [0.2, 0.25) is 15.1 Å². The van der Waals surface area contributed by atoms with E-state index in [0.717, 1.165) is 53.1 Å². The molecule has 1 amide bonds. The quantitative estimate of drug-likeness (QED) is 0.516. The molecule has 0 atom stereocenters. The lowest BCUT2D eigenvalue weighted by Gasteiger charge is -2.34. The first-order valence-electron chi connectivity index (χ1n) is 9.86. The van der Waals surface area contributed by atoms with Crippen LogP contribution in [0.25, 0.3) is 10.2 Å². The summed E-state index contributed by atoms with van der Waals surface area (Å²) in [5.41, 5.74) is 0.983. The molecule has 164 valence electrons. The molecule has 0 radical (unpaired) electrons. The summed E-state index contributed by atoms with van der Waals surface area (Å²) in [5.74, 6) is 0.257. The topological polar surface area (TPSA) is 57.7 Å². The summed E-state index contributed by atoms with van der Waals surface area (Å²) >= 11 is 19.6. The maximum absolute atomic E-state index is 12.0. The van der Waals surface area contributed by atoms with Gasteiger partial charge in [0.05, 0.1) is 15.2 Å². The maximum Gasteiger partial charge on any atom is 0.257 e. The van der Waals surface area contributed by atoms with E-state index in [2.05, 4.69) is 15.1 Å². The van der Waals surface area contributed by atoms with Crippen LogP contribution >= 0.6 is 46.1 Å². The van der Waals surface area contributed by atoms with E-state index in [1.54, 1.807) is 29.5 Å². The Morgan fingerprint density at radius 3 is 2.58 bits per heavy atom. The number of carbonyl (C=O) groups excluding carboxylic acids is 1. The molecule has 0 bridgehead atoms. The molecular weight excluding hydrogens is 479 g/mol. The molecule has 2 aromatic carbocycles. The summed E-state index contributed by atoms with van der Waals surface area (Å²) in [6, 6.07) is 10.7. The van der Waals surface area contributed by atoms with E-state index >= 15 is 0 Å². The summed E-state index contributed by atoms with van der Waals surface area (Å²) in [6.07, 6.45) is 0. The molecule has 10 heteroatoms. The minimum absolute atomic E-state index is 0.0866. The summed E-state index contributed by atoms with van der Waals surface area (Å²) in [6.45, 7) is 4.91. The van der Waals surface area contributed by atoms with Crippen molar-refractivity contribution >= 4 is 67.4 Å². The fraction of sp³-hybridized carbons (Fsp3) is 0.333. The number of halogens is 3. The van der Waals surface area contributed by atoms with Crippen molar-refractivity contribution in [2.24, 2.45) is 0 Å². The number of anilines is 1. The van der Waals surface area contributed by atoms with Gasteiger partial charge >= 0.3 is 0 Å². The zero-order chi connectivity index (χ0) is 21.8. The molecule has 31 heavy (non-hydrogen) atoms. The minimum atomic E-state index is -0.183. The van der Waals surface area contributed by atoms with Gasteiger partial charge in [-0.3, -0.25) is 9.69 Å². The van der Waals surface area contributed by atoms with Gasteiger partial charge in [0, 0.05) is 49.3 Å². The van der Waals surface area contributed by atoms with Crippen molar-refractivity contribution in [2.45, 2.75) is 0 Å². The average Bonchev–Trinajstić information content (AvgIpc) is 3.17. The van der Waals surface area contributed by atoms with Gasteiger partial charge in [0.2, 0.25) is 0 Å².